The van der Waals surface area contributed by atoms with Gasteiger partial charge in [-0.05, 0) is 6.92 Å². The van der Waals surface area contributed by atoms with Crippen molar-refractivity contribution in [2.45, 2.75) is 0 Å². The first-order valence-electron chi connectivity index (χ1n) is 2.08. The molecule has 3 heteroatoms. The standard InChI is InChI=1S/C4H10NO2/c1-2-5(3-6)4-7/h6-7H,1-4H2. The van der Waals surface area contributed by atoms with Gasteiger partial charge in [0.05, 0.1) is 13.5 Å². The maximum atomic E-state index is 8.25. The zero-order valence-electron chi connectivity index (χ0n) is 4.17. The molecule has 0 atom stereocenters. The number of aliphatic hydroxyl groups excluding tert-OH is 2. The van der Waals surface area contributed by atoms with E-state index in [1.54, 1.807) is 0 Å². The fraction of sp³-hybridized carbons (Fsp3) is 0.750. The Balaban J connectivity index is 2.99. The number of hydrogen-bond donors (Lipinski definition) is 2. The van der Waals surface area contributed by atoms with E-state index in [0.29, 0.717) is 6.54 Å². The molecule has 1 radical (unpaired) electrons. The third kappa shape index (κ3) is 2.56. The molecule has 43 valence electrons. The molecule has 3 nitrogen and oxygen atoms in total. The molecule has 2 N–H and O–H groups in total. The van der Waals surface area contributed by atoms with E-state index in [0.717, 1.165) is 0 Å². The van der Waals surface area contributed by atoms with Gasteiger partial charge in [-0.1, -0.05) is 0 Å². The number of hydrogen-bond acceptors (Lipinski definition) is 3. The molecule has 0 aromatic carbocycles. The Kier molecular flexibility index (Phi) is 3.98. The lowest BCUT2D eigenvalue weighted by Crippen LogP contribution is -2.24. The Morgan fingerprint density at radius 1 is 1.29 bits per heavy atom. The SMILES string of the molecule is [CH2]CN(CO)CO. The Morgan fingerprint density at radius 3 is 1.71 bits per heavy atom. The fourth-order valence-corrected chi connectivity index (χ4v) is 0.186. The molecular weight excluding hydrogens is 94.0 g/mol. The van der Waals surface area contributed by atoms with Gasteiger partial charge in [0, 0.05) is 6.54 Å². The zero-order chi connectivity index (χ0) is 5.70. The van der Waals surface area contributed by atoms with E-state index < -0.39 is 0 Å². The minimum absolute atomic E-state index is 0.125. The summed E-state index contributed by atoms with van der Waals surface area (Å²) in [5.74, 6) is 0. The van der Waals surface area contributed by atoms with E-state index in [-0.39, 0.29) is 13.5 Å². The Labute approximate surface area is 43.2 Å². The molecule has 0 spiro atoms. The van der Waals surface area contributed by atoms with Gasteiger partial charge < -0.3 is 10.2 Å². The summed E-state index contributed by atoms with van der Waals surface area (Å²) in [5.41, 5.74) is 0. The van der Waals surface area contributed by atoms with Crippen molar-refractivity contribution in [3.8, 4) is 0 Å². The minimum atomic E-state index is -0.125. The van der Waals surface area contributed by atoms with Crippen LogP contribution in [0, 0.1) is 6.92 Å². The topological polar surface area (TPSA) is 43.7 Å². The highest BCUT2D eigenvalue weighted by Gasteiger charge is 1.91. The van der Waals surface area contributed by atoms with Crippen LogP contribution < -0.4 is 0 Å². The maximum absolute atomic E-state index is 8.25. The summed E-state index contributed by atoms with van der Waals surface area (Å²) < 4.78 is 0. The first-order chi connectivity index (χ1) is 3.35. The molecule has 0 unspecified atom stereocenters. The second-order valence-corrected chi connectivity index (χ2v) is 1.18. The predicted molar refractivity (Wildman–Crippen MR) is 26.2 cm³/mol. The van der Waals surface area contributed by atoms with Crippen molar-refractivity contribution < 1.29 is 10.2 Å². The minimum Gasteiger partial charge on any atom is -0.381 e. The summed E-state index contributed by atoms with van der Waals surface area (Å²) in [5, 5.41) is 16.5. The summed E-state index contributed by atoms with van der Waals surface area (Å²) in [6, 6.07) is 0. The summed E-state index contributed by atoms with van der Waals surface area (Å²) in [7, 11) is 0. The van der Waals surface area contributed by atoms with Crippen molar-refractivity contribution >= 4 is 0 Å². The zero-order valence-corrected chi connectivity index (χ0v) is 4.17. The third-order valence-corrected chi connectivity index (χ3v) is 0.716. The van der Waals surface area contributed by atoms with Gasteiger partial charge in [-0.2, -0.15) is 0 Å². The highest BCUT2D eigenvalue weighted by molar-refractivity contribution is 4.44. The van der Waals surface area contributed by atoms with Gasteiger partial charge in [0.1, 0.15) is 0 Å². The second kappa shape index (κ2) is 4.05. The molecule has 0 saturated heterocycles. The molecule has 0 fully saturated rings. The van der Waals surface area contributed by atoms with Crippen molar-refractivity contribution in [2.24, 2.45) is 0 Å². The normalized spacial score (nSPS) is 10.3. The van der Waals surface area contributed by atoms with Crippen LogP contribution in [-0.4, -0.2) is 35.1 Å². The molecule has 7 heavy (non-hydrogen) atoms. The molecule has 0 aromatic rings. The first kappa shape index (κ1) is 6.88. The van der Waals surface area contributed by atoms with Gasteiger partial charge in [-0.3, -0.25) is 4.90 Å². The van der Waals surface area contributed by atoms with Crippen LogP contribution in [0.5, 0.6) is 0 Å². The Bertz CT molecular complexity index is 31.2. The smallest absolute Gasteiger partial charge is 0.0974 e. The van der Waals surface area contributed by atoms with E-state index in [4.69, 9.17) is 10.2 Å². The van der Waals surface area contributed by atoms with Crippen LogP contribution >= 0.6 is 0 Å². The van der Waals surface area contributed by atoms with Crippen LogP contribution in [0.1, 0.15) is 0 Å². The molecular formula is C4H10NO2. The van der Waals surface area contributed by atoms with Crippen molar-refractivity contribution in [3.05, 3.63) is 6.92 Å². The fourth-order valence-electron chi connectivity index (χ4n) is 0.186. The average molecular weight is 104 g/mol. The largest absolute Gasteiger partial charge is 0.381 e. The summed E-state index contributed by atoms with van der Waals surface area (Å²) in [4.78, 5) is 1.38. The molecule has 0 heterocycles. The first-order valence-corrected chi connectivity index (χ1v) is 2.08. The van der Waals surface area contributed by atoms with Crippen LogP contribution in [0.15, 0.2) is 0 Å². The lowest BCUT2D eigenvalue weighted by molar-refractivity contribution is 0.0385. The lowest BCUT2D eigenvalue weighted by atomic mass is 10.7. The van der Waals surface area contributed by atoms with E-state index >= 15 is 0 Å². The molecule has 0 aliphatic carbocycles. The average Bonchev–Trinajstić information content (AvgIpc) is 1.72. The summed E-state index contributed by atoms with van der Waals surface area (Å²) in [6.45, 7) is 3.62. The van der Waals surface area contributed by atoms with Crippen molar-refractivity contribution in [3.63, 3.8) is 0 Å². The van der Waals surface area contributed by atoms with Gasteiger partial charge >= 0.3 is 0 Å². The molecule has 0 aliphatic heterocycles. The molecule has 0 bridgehead atoms. The molecule has 0 aliphatic rings. The maximum Gasteiger partial charge on any atom is 0.0974 e. The van der Waals surface area contributed by atoms with Crippen molar-refractivity contribution in [1.82, 2.24) is 4.90 Å². The van der Waals surface area contributed by atoms with E-state index in [2.05, 4.69) is 6.92 Å². The Morgan fingerprint density at radius 2 is 1.71 bits per heavy atom. The Hall–Kier alpha value is -0.120. The van der Waals surface area contributed by atoms with Crippen LogP contribution in [-0.2, 0) is 0 Å². The highest BCUT2D eigenvalue weighted by Crippen LogP contribution is 1.77. The second-order valence-electron chi connectivity index (χ2n) is 1.18. The quantitative estimate of drug-likeness (QED) is 0.452. The molecule has 0 aromatic heterocycles. The van der Waals surface area contributed by atoms with Gasteiger partial charge in [-0.15, -0.1) is 0 Å². The van der Waals surface area contributed by atoms with Crippen LogP contribution in [0.25, 0.3) is 0 Å². The van der Waals surface area contributed by atoms with Crippen molar-refractivity contribution in [1.29, 1.82) is 0 Å². The van der Waals surface area contributed by atoms with E-state index in [9.17, 15) is 0 Å². The number of aliphatic hydroxyl groups is 2. The van der Waals surface area contributed by atoms with Gasteiger partial charge in [-0.25, -0.2) is 0 Å². The van der Waals surface area contributed by atoms with Gasteiger partial charge in [0.15, 0.2) is 0 Å². The van der Waals surface area contributed by atoms with E-state index in [1.165, 1.54) is 4.90 Å². The monoisotopic (exact) mass is 104 g/mol. The van der Waals surface area contributed by atoms with Crippen molar-refractivity contribution in [2.75, 3.05) is 20.0 Å². The summed E-state index contributed by atoms with van der Waals surface area (Å²) >= 11 is 0. The number of rotatable bonds is 3. The van der Waals surface area contributed by atoms with Crippen LogP contribution in [0.2, 0.25) is 0 Å². The van der Waals surface area contributed by atoms with Gasteiger partial charge in [0.2, 0.25) is 0 Å². The van der Waals surface area contributed by atoms with Crippen LogP contribution in [0.4, 0.5) is 0 Å². The van der Waals surface area contributed by atoms with Gasteiger partial charge in [0.25, 0.3) is 0 Å². The summed E-state index contributed by atoms with van der Waals surface area (Å²) in [6.07, 6.45) is 0. The number of nitrogens with zero attached hydrogens (tertiary/aromatic N) is 1. The van der Waals surface area contributed by atoms with Crippen LogP contribution in [0.3, 0.4) is 0 Å². The third-order valence-electron chi connectivity index (χ3n) is 0.716. The highest BCUT2D eigenvalue weighted by atomic mass is 16.3. The molecule has 0 amide bonds. The lowest BCUT2D eigenvalue weighted by Gasteiger charge is -2.10. The molecule has 0 saturated carbocycles. The molecule has 0 rings (SSSR count). The predicted octanol–water partition coefficient (Wildman–Crippen LogP) is -0.978. The van der Waals surface area contributed by atoms with E-state index in [1.807, 2.05) is 0 Å².